The molecule has 0 saturated carbocycles. The number of nitrogens with zero attached hydrogens (tertiary/aromatic N) is 2. The van der Waals surface area contributed by atoms with E-state index in [2.05, 4.69) is 15.5 Å². The molecule has 0 saturated heterocycles. The van der Waals surface area contributed by atoms with E-state index in [0.717, 1.165) is 6.54 Å². The molecule has 0 radical (unpaired) electrons. The number of hydrogen-bond donors (Lipinski definition) is 1. The van der Waals surface area contributed by atoms with Crippen LogP contribution in [-0.4, -0.2) is 42.7 Å². The van der Waals surface area contributed by atoms with E-state index in [1.54, 1.807) is 6.92 Å². The summed E-state index contributed by atoms with van der Waals surface area (Å²) in [6.45, 7) is 8.43. The van der Waals surface area contributed by atoms with E-state index < -0.39 is 0 Å². The van der Waals surface area contributed by atoms with Crippen LogP contribution in [0.2, 0.25) is 0 Å². The second kappa shape index (κ2) is 8.16. The third-order valence-electron chi connectivity index (χ3n) is 2.10. The normalized spacial score (nSPS) is 11.3. The Labute approximate surface area is 102 Å². The standard InChI is InChI=1S/C11H21N3O3/c1-4-15-11(16-5-2)8-12-7-6-10-13-9(3)14-17-10/h11-12H,4-8H2,1-3H3. The lowest BCUT2D eigenvalue weighted by Gasteiger charge is -2.17. The van der Waals surface area contributed by atoms with Crippen molar-refractivity contribution in [3.8, 4) is 0 Å². The number of hydrogen-bond acceptors (Lipinski definition) is 6. The Hall–Kier alpha value is -0.980. The molecule has 1 rings (SSSR count). The van der Waals surface area contributed by atoms with Crippen molar-refractivity contribution < 1.29 is 14.0 Å². The number of aryl methyl sites for hydroxylation is 1. The molecule has 0 aliphatic heterocycles. The summed E-state index contributed by atoms with van der Waals surface area (Å²) in [6.07, 6.45) is 0.528. The highest BCUT2D eigenvalue weighted by Crippen LogP contribution is 1.96. The summed E-state index contributed by atoms with van der Waals surface area (Å²) in [5.74, 6) is 1.32. The summed E-state index contributed by atoms with van der Waals surface area (Å²) in [7, 11) is 0. The molecule has 0 atom stereocenters. The van der Waals surface area contributed by atoms with Gasteiger partial charge in [0.25, 0.3) is 0 Å². The third kappa shape index (κ3) is 5.76. The van der Waals surface area contributed by atoms with Gasteiger partial charge in [0.15, 0.2) is 12.1 Å². The Morgan fingerprint density at radius 1 is 1.29 bits per heavy atom. The summed E-state index contributed by atoms with van der Waals surface area (Å²) in [4.78, 5) is 4.12. The average molecular weight is 243 g/mol. The largest absolute Gasteiger partial charge is 0.352 e. The summed E-state index contributed by atoms with van der Waals surface area (Å²) in [6, 6.07) is 0. The smallest absolute Gasteiger partial charge is 0.227 e. The van der Waals surface area contributed by atoms with Gasteiger partial charge in [-0.1, -0.05) is 5.16 Å². The summed E-state index contributed by atoms with van der Waals surface area (Å²) in [5.41, 5.74) is 0. The first kappa shape index (κ1) is 14.1. The Bertz CT molecular complexity index is 298. The first-order valence-corrected chi connectivity index (χ1v) is 5.99. The highest BCUT2D eigenvalue weighted by molar-refractivity contribution is 4.83. The molecule has 0 aromatic carbocycles. The highest BCUT2D eigenvalue weighted by atomic mass is 16.7. The molecule has 0 aliphatic carbocycles. The SMILES string of the molecule is CCOC(CNCCc1nc(C)no1)OCC. The lowest BCUT2D eigenvalue weighted by molar-refractivity contribution is -0.132. The van der Waals surface area contributed by atoms with Gasteiger partial charge in [0.1, 0.15) is 0 Å². The van der Waals surface area contributed by atoms with Gasteiger partial charge in [0.2, 0.25) is 5.89 Å². The van der Waals surface area contributed by atoms with Crippen LogP contribution in [0.5, 0.6) is 0 Å². The van der Waals surface area contributed by atoms with Gasteiger partial charge in [-0.2, -0.15) is 4.98 Å². The third-order valence-corrected chi connectivity index (χ3v) is 2.10. The molecule has 6 nitrogen and oxygen atoms in total. The van der Waals surface area contributed by atoms with E-state index >= 15 is 0 Å². The molecule has 1 heterocycles. The maximum atomic E-state index is 5.40. The van der Waals surface area contributed by atoms with E-state index in [-0.39, 0.29) is 6.29 Å². The molecule has 17 heavy (non-hydrogen) atoms. The molecule has 0 bridgehead atoms. The molecule has 0 unspecified atom stereocenters. The Kier molecular flexibility index (Phi) is 6.76. The molecular weight excluding hydrogens is 222 g/mol. The van der Waals surface area contributed by atoms with E-state index in [4.69, 9.17) is 14.0 Å². The average Bonchev–Trinajstić information content (AvgIpc) is 2.71. The van der Waals surface area contributed by atoms with Gasteiger partial charge in [-0.25, -0.2) is 0 Å². The molecule has 1 aromatic rings. The molecular formula is C11H21N3O3. The fourth-order valence-corrected chi connectivity index (χ4v) is 1.39. The number of ether oxygens (including phenoxy) is 2. The molecule has 6 heteroatoms. The second-order valence-corrected chi connectivity index (χ2v) is 3.53. The van der Waals surface area contributed by atoms with E-state index in [1.807, 2.05) is 13.8 Å². The highest BCUT2D eigenvalue weighted by Gasteiger charge is 2.07. The molecule has 0 aliphatic rings. The van der Waals surface area contributed by atoms with Gasteiger partial charge in [-0.3, -0.25) is 0 Å². The van der Waals surface area contributed by atoms with E-state index in [0.29, 0.717) is 37.9 Å². The van der Waals surface area contributed by atoms with Crippen molar-refractivity contribution in [2.45, 2.75) is 33.5 Å². The maximum Gasteiger partial charge on any atom is 0.227 e. The maximum absolute atomic E-state index is 5.40. The van der Waals surface area contributed by atoms with Crippen molar-refractivity contribution in [2.24, 2.45) is 0 Å². The zero-order chi connectivity index (χ0) is 12.5. The quantitative estimate of drug-likeness (QED) is 0.513. The first-order chi connectivity index (χ1) is 8.26. The van der Waals surface area contributed by atoms with Gasteiger partial charge in [0, 0.05) is 32.7 Å². The molecule has 98 valence electrons. The monoisotopic (exact) mass is 243 g/mol. The molecule has 0 spiro atoms. The Balaban J connectivity index is 2.13. The van der Waals surface area contributed by atoms with Crippen molar-refractivity contribution in [1.29, 1.82) is 0 Å². The lowest BCUT2D eigenvalue weighted by Crippen LogP contribution is -2.32. The first-order valence-electron chi connectivity index (χ1n) is 5.99. The van der Waals surface area contributed by atoms with Crippen molar-refractivity contribution in [1.82, 2.24) is 15.5 Å². The van der Waals surface area contributed by atoms with Crippen LogP contribution in [0.3, 0.4) is 0 Å². The van der Waals surface area contributed by atoms with Crippen molar-refractivity contribution in [3.63, 3.8) is 0 Å². The zero-order valence-electron chi connectivity index (χ0n) is 10.7. The Morgan fingerprint density at radius 3 is 2.53 bits per heavy atom. The summed E-state index contributed by atoms with van der Waals surface area (Å²) < 4.78 is 15.8. The zero-order valence-corrected chi connectivity index (χ0v) is 10.7. The predicted molar refractivity (Wildman–Crippen MR) is 62.6 cm³/mol. The summed E-state index contributed by atoms with van der Waals surface area (Å²) >= 11 is 0. The van der Waals surface area contributed by atoms with Crippen LogP contribution in [-0.2, 0) is 15.9 Å². The van der Waals surface area contributed by atoms with E-state index in [9.17, 15) is 0 Å². The Morgan fingerprint density at radius 2 is 2.00 bits per heavy atom. The number of aromatic nitrogens is 2. The van der Waals surface area contributed by atoms with Crippen LogP contribution in [0.25, 0.3) is 0 Å². The minimum absolute atomic E-state index is 0.186. The minimum Gasteiger partial charge on any atom is -0.352 e. The van der Waals surface area contributed by atoms with Crippen LogP contribution in [0.1, 0.15) is 25.6 Å². The minimum atomic E-state index is -0.186. The van der Waals surface area contributed by atoms with Gasteiger partial charge < -0.3 is 19.3 Å². The van der Waals surface area contributed by atoms with Crippen molar-refractivity contribution in [2.75, 3.05) is 26.3 Å². The molecule has 0 fully saturated rings. The number of nitrogens with one attached hydrogen (secondary N) is 1. The van der Waals surface area contributed by atoms with Gasteiger partial charge >= 0.3 is 0 Å². The van der Waals surface area contributed by atoms with Crippen molar-refractivity contribution in [3.05, 3.63) is 11.7 Å². The topological polar surface area (TPSA) is 69.4 Å². The number of rotatable bonds is 9. The summed E-state index contributed by atoms with van der Waals surface area (Å²) in [5, 5.41) is 6.96. The van der Waals surface area contributed by atoms with Crippen LogP contribution in [0.15, 0.2) is 4.52 Å². The van der Waals surface area contributed by atoms with Crippen LogP contribution in [0.4, 0.5) is 0 Å². The van der Waals surface area contributed by atoms with Gasteiger partial charge in [0.05, 0.1) is 0 Å². The van der Waals surface area contributed by atoms with Gasteiger partial charge in [-0.15, -0.1) is 0 Å². The van der Waals surface area contributed by atoms with Crippen LogP contribution < -0.4 is 5.32 Å². The molecule has 1 aromatic heterocycles. The fraction of sp³-hybridized carbons (Fsp3) is 0.818. The fourth-order valence-electron chi connectivity index (χ4n) is 1.39. The van der Waals surface area contributed by atoms with E-state index in [1.165, 1.54) is 0 Å². The van der Waals surface area contributed by atoms with Crippen molar-refractivity contribution >= 4 is 0 Å². The van der Waals surface area contributed by atoms with Crippen LogP contribution >= 0.6 is 0 Å². The lowest BCUT2D eigenvalue weighted by atomic mass is 10.4. The molecule has 0 amide bonds. The second-order valence-electron chi connectivity index (χ2n) is 3.53. The van der Waals surface area contributed by atoms with Gasteiger partial charge in [-0.05, 0) is 20.8 Å². The molecule has 1 N–H and O–H groups in total. The predicted octanol–water partition coefficient (Wildman–Crippen LogP) is 0.909. The van der Waals surface area contributed by atoms with Crippen LogP contribution in [0, 0.1) is 6.92 Å².